The van der Waals surface area contributed by atoms with E-state index in [9.17, 15) is 0 Å². The molecule has 0 saturated carbocycles. The summed E-state index contributed by atoms with van der Waals surface area (Å²) in [5, 5.41) is 5.80. The molecule has 0 spiro atoms. The van der Waals surface area contributed by atoms with Crippen molar-refractivity contribution < 1.29 is 0 Å². The third-order valence-electron chi connectivity index (χ3n) is 4.01. The van der Waals surface area contributed by atoms with E-state index in [0.717, 1.165) is 12.4 Å². The molecule has 0 aliphatic carbocycles. The van der Waals surface area contributed by atoms with Crippen LogP contribution in [0.5, 0.6) is 0 Å². The summed E-state index contributed by atoms with van der Waals surface area (Å²) in [6.45, 7) is 0.858. The van der Waals surface area contributed by atoms with Crippen LogP contribution in [0.15, 0.2) is 30.5 Å². The lowest BCUT2D eigenvalue weighted by Gasteiger charge is -2.26. The van der Waals surface area contributed by atoms with Gasteiger partial charge in [0.15, 0.2) is 0 Å². The summed E-state index contributed by atoms with van der Waals surface area (Å²) in [5.74, 6) is 3.60. The predicted octanol–water partition coefficient (Wildman–Crippen LogP) is 2.90. The van der Waals surface area contributed by atoms with E-state index >= 15 is 0 Å². The Morgan fingerprint density at radius 1 is 1.35 bits per heavy atom. The quantitative estimate of drug-likeness (QED) is 0.936. The molecule has 1 fully saturated rings. The second kappa shape index (κ2) is 6.02. The number of fused-ring (bicyclic) bond motifs is 1. The number of anilines is 1. The highest BCUT2D eigenvalue weighted by Crippen LogP contribution is 2.31. The lowest BCUT2D eigenvalue weighted by atomic mass is 10.1. The number of rotatable bonds is 4. The van der Waals surface area contributed by atoms with Gasteiger partial charge in [0.2, 0.25) is 0 Å². The number of pyridine rings is 1. The highest BCUT2D eigenvalue weighted by molar-refractivity contribution is 7.99. The van der Waals surface area contributed by atoms with Gasteiger partial charge in [0, 0.05) is 37.0 Å². The Labute approximate surface area is 124 Å². The molecule has 1 aliphatic heterocycles. The number of nitrogens with one attached hydrogen (secondary N) is 1. The summed E-state index contributed by atoms with van der Waals surface area (Å²) in [5.41, 5.74) is 1.26. The van der Waals surface area contributed by atoms with Crippen LogP contribution in [0, 0.1) is 0 Å². The molecule has 3 rings (SSSR count). The van der Waals surface area contributed by atoms with E-state index in [1.807, 2.05) is 25.0 Å². The van der Waals surface area contributed by atoms with E-state index in [1.165, 1.54) is 34.3 Å². The summed E-state index contributed by atoms with van der Waals surface area (Å²) in [6.07, 6.45) is 3.28. The number of thioether (sulfide) groups is 1. The van der Waals surface area contributed by atoms with Gasteiger partial charge in [0.1, 0.15) is 5.82 Å². The predicted molar refractivity (Wildman–Crippen MR) is 88.6 cm³/mol. The Bertz CT molecular complexity index is 593. The van der Waals surface area contributed by atoms with E-state index in [1.54, 1.807) is 0 Å². The minimum atomic E-state index is 0.617. The van der Waals surface area contributed by atoms with Crippen LogP contribution < -0.4 is 10.2 Å². The van der Waals surface area contributed by atoms with Crippen molar-refractivity contribution in [1.29, 1.82) is 0 Å². The Morgan fingerprint density at radius 3 is 2.85 bits per heavy atom. The van der Waals surface area contributed by atoms with Crippen LogP contribution in [0.3, 0.4) is 0 Å². The molecule has 0 bridgehead atoms. The summed E-state index contributed by atoms with van der Waals surface area (Å²) in [6, 6.07) is 9.22. The van der Waals surface area contributed by atoms with Crippen molar-refractivity contribution in [2.24, 2.45) is 0 Å². The topological polar surface area (TPSA) is 28.2 Å². The van der Waals surface area contributed by atoms with E-state index in [4.69, 9.17) is 4.98 Å². The molecule has 3 nitrogen and oxygen atoms in total. The molecule has 0 radical (unpaired) electrons. The first-order valence-electron chi connectivity index (χ1n) is 7.13. The molecular formula is C16H21N3S. The maximum atomic E-state index is 4.75. The molecule has 1 unspecified atom stereocenters. The SMILES string of the molecule is CNCc1cnc(N(C)C2CCSC2)c2ccccc12. The number of aromatic nitrogens is 1. The van der Waals surface area contributed by atoms with Gasteiger partial charge in [-0.2, -0.15) is 11.8 Å². The largest absolute Gasteiger partial charge is 0.355 e. The Morgan fingerprint density at radius 2 is 2.15 bits per heavy atom. The summed E-state index contributed by atoms with van der Waals surface area (Å²) >= 11 is 2.04. The van der Waals surface area contributed by atoms with Gasteiger partial charge in [-0.25, -0.2) is 4.98 Å². The summed E-state index contributed by atoms with van der Waals surface area (Å²) in [4.78, 5) is 7.11. The molecule has 1 saturated heterocycles. The maximum absolute atomic E-state index is 4.75. The number of hydrogen-bond acceptors (Lipinski definition) is 4. The monoisotopic (exact) mass is 287 g/mol. The lowest BCUT2D eigenvalue weighted by molar-refractivity contribution is 0.693. The van der Waals surface area contributed by atoms with Crippen molar-refractivity contribution in [2.45, 2.75) is 19.0 Å². The Balaban J connectivity index is 2.05. The first-order chi connectivity index (χ1) is 9.81. The first-order valence-corrected chi connectivity index (χ1v) is 8.28. The molecule has 4 heteroatoms. The van der Waals surface area contributed by atoms with Gasteiger partial charge in [-0.15, -0.1) is 0 Å². The zero-order chi connectivity index (χ0) is 13.9. The highest BCUT2D eigenvalue weighted by Gasteiger charge is 2.22. The molecule has 106 valence electrons. The molecule has 20 heavy (non-hydrogen) atoms. The smallest absolute Gasteiger partial charge is 0.136 e. The van der Waals surface area contributed by atoms with E-state index in [2.05, 4.69) is 41.5 Å². The van der Waals surface area contributed by atoms with Crippen LogP contribution in [0.2, 0.25) is 0 Å². The van der Waals surface area contributed by atoms with Gasteiger partial charge in [-0.05, 0) is 30.2 Å². The van der Waals surface area contributed by atoms with Crippen LogP contribution in [0.1, 0.15) is 12.0 Å². The normalized spacial score (nSPS) is 18.6. The van der Waals surface area contributed by atoms with E-state index < -0.39 is 0 Å². The van der Waals surface area contributed by atoms with Gasteiger partial charge in [0.05, 0.1) is 0 Å². The molecule has 1 N–H and O–H groups in total. The maximum Gasteiger partial charge on any atom is 0.136 e. The summed E-state index contributed by atoms with van der Waals surface area (Å²) in [7, 11) is 4.16. The third-order valence-corrected chi connectivity index (χ3v) is 5.16. The van der Waals surface area contributed by atoms with Crippen LogP contribution in [-0.2, 0) is 6.54 Å². The van der Waals surface area contributed by atoms with Gasteiger partial charge < -0.3 is 10.2 Å². The van der Waals surface area contributed by atoms with Crippen molar-refractivity contribution in [3.8, 4) is 0 Å². The fourth-order valence-electron chi connectivity index (χ4n) is 2.85. The van der Waals surface area contributed by atoms with Crippen molar-refractivity contribution in [1.82, 2.24) is 10.3 Å². The van der Waals surface area contributed by atoms with E-state index in [-0.39, 0.29) is 0 Å². The molecule has 1 aromatic carbocycles. The van der Waals surface area contributed by atoms with Crippen molar-refractivity contribution in [3.05, 3.63) is 36.0 Å². The standard InChI is InChI=1S/C16H21N3S/c1-17-9-12-10-18-16(15-6-4-3-5-14(12)15)19(2)13-7-8-20-11-13/h3-6,10,13,17H,7-9,11H2,1-2H3. The number of benzene rings is 1. The van der Waals surface area contributed by atoms with Crippen molar-refractivity contribution in [3.63, 3.8) is 0 Å². The second-order valence-electron chi connectivity index (χ2n) is 5.31. The molecule has 0 amide bonds. The zero-order valence-corrected chi connectivity index (χ0v) is 12.9. The second-order valence-corrected chi connectivity index (χ2v) is 6.46. The first kappa shape index (κ1) is 13.7. The fraction of sp³-hybridized carbons (Fsp3) is 0.438. The van der Waals surface area contributed by atoms with Gasteiger partial charge >= 0.3 is 0 Å². The average molecular weight is 287 g/mol. The fourth-order valence-corrected chi connectivity index (χ4v) is 4.12. The molecule has 1 aromatic heterocycles. The van der Waals surface area contributed by atoms with Crippen LogP contribution in [0.4, 0.5) is 5.82 Å². The Hall–Kier alpha value is -1.26. The van der Waals surface area contributed by atoms with Gasteiger partial charge in [0.25, 0.3) is 0 Å². The molecule has 2 aromatic rings. The molecule has 2 heterocycles. The third kappa shape index (κ3) is 2.50. The van der Waals surface area contributed by atoms with Crippen LogP contribution >= 0.6 is 11.8 Å². The van der Waals surface area contributed by atoms with Gasteiger partial charge in [-0.3, -0.25) is 0 Å². The molecular weight excluding hydrogens is 266 g/mol. The number of nitrogens with zero attached hydrogens (tertiary/aromatic N) is 2. The lowest BCUT2D eigenvalue weighted by Crippen LogP contribution is -2.32. The molecule has 1 atom stereocenters. The van der Waals surface area contributed by atoms with Crippen molar-refractivity contribution >= 4 is 28.4 Å². The summed E-state index contributed by atoms with van der Waals surface area (Å²) < 4.78 is 0. The van der Waals surface area contributed by atoms with Crippen molar-refractivity contribution in [2.75, 3.05) is 30.5 Å². The highest BCUT2D eigenvalue weighted by atomic mass is 32.2. The zero-order valence-electron chi connectivity index (χ0n) is 12.1. The Kier molecular flexibility index (Phi) is 4.13. The van der Waals surface area contributed by atoms with Crippen LogP contribution in [0.25, 0.3) is 10.8 Å². The minimum absolute atomic E-state index is 0.617. The van der Waals surface area contributed by atoms with E-state index in [0.29, 0.717) is 6.04 Å². The number of hydrogen-bond donors (Lipinski definition) is 1. The van der Waals surface area contributed by atoms with Crippen LogP contribution in [-0.4, -0.2) is 36.6 Å². The van der Waals surface area contributed by atoms with Gasteiger partial charge in [-0.1, -0.05) is 24.3 Å². The minimum Gasteiger partial charge on any atom is -0.355 e. The average Bonchev–Trinajstić information content (AvgIpc) is 3.01. The molecule has 1 aliphatic rings.